The second kappa shape index (κ2) is 6.44. The minimum absolute atomic E-state index is 0. The average molecular weight is 247 g/mol. The van der Waals surface area contributed by atoms with Crippen molar-refractivity contribution >= 4 is 17.7 Å². The summed E-state index contributed by atoms with van der Waals surface area (Å²) in [5.41, 5.74) is 6.68. The van der Waals surface area contributed by atoms with Crippen LogP contribution in [0.3, 0.4) is 0 Å². The number of hydrogen-bond acceptors (Lipinski definition) is 2. The van der Waals surface area contributed by atoms with Gasteiger partial charge in [-0.05, 0) is 12.8 Å². The van der Waals surface area contributed by atoms with E-state index < -0.39 is 5.91 Å². The van der Waals surface area contributed by atoms with Crippen LogP contribution >= 0.6 is 11.8 Å². The van der Waals surface area contributed by atoms with E-state index in [-0.39, 0.29) is 32.7 Å². The average Bonchev–Trinajstić information content (AvgIpc) is 2.34. The Kier molecular flexibility index (Phi) is 6.98. The summed E-state index contributed by atoms with van der Waals surface area (Å²) >= 11 is 1.66. The van der Waals surface area contributed by atoms with E-state index >= 15 is 0 Å². The minimum Gasteiger partial charge on any atom is -0.667 e. The quantitative estimate of drug-likeness (QED) is 0.767. The Hall–Kier alpha value is 0.924. The van der Waals surface area contributed by atoms with E-state index in [1.807, 2.05) is 0 Å². The van der Waals surface area contributed by atoms with Gasteiger partial charge in [0.2, 0.25) is 0 Å². The van der Waals surface area contributed by atoms with Crippen molar-refractivity contribution in [3.8, 4) is 0 Å². The maximum atomic E-state index is 10.2. The number of amides is 1. The van der Waals surface area contributed by atoms with Crippen LogP contribution in [0.15, 0.2) is 0 Å². The van der Waals surface area contributed by atoms with Crippen molar-refractivity contribution < 1.29 is 37.5 Å². The molecule has 0 saturated heterocycles. The van der Waals surface area contributed by atoms with Gasteiger partial charge in [0.05, 0.1) is 5.91 Å². The molecule has 0 atom stereocenters. The summed E-state index contributed by atoms with van der Waals surface area (Å²) in [6, 6.07) is 0. The summed E-state index contributed by atoms with van der Waals surface area (Å²) in [5, 5.41) is 0.675. The zero-order valence-corrected chi connectivity index (χ0v) is 10.2. The first-order chi connectivity index (χ1) is 4.79. The van der Waals surface area contributed by atoms with Crippen molar-refractivity contribution in [3.63, 3.8) is 0 Å². The molecule has 0 aromatic heterocycles. The van der Waals surface area contributed by atoms with Gasteiger partial charge in [0.1, 0.15) is 0 Å². The Labute approximate surface area is 96.9 Å². The summed E-state index contributed by atoms with van der Waals surface area (Å²) in [7, 11) is 0. The van der Waals surface area contributed by atoms with E-state index in [0.29, 0.717) is 11.0 Å². The minimum atomic E-state index is -0.433. The Bertz CT molecular complexity index is 126. The van der Waals surface area contributed by atoms with Gasteiger partial charge in [-0.3, -0.25) is 0 Å². The maximum Gasteiger partial charge on any atom is 0.0588 e. The number of thioether (sulfide) groups is 1. The fourth-order valence-corrected chi connectivity index (χ4v) is 2.30. The molecule has 1 aliphatic carbocycles. The zero-order chi connectivity index (χ0) is 7.40. The molecule has 0 bridgehead atoms. The third-order valence-corrected chi connectivity index (χ3v) is 3.12. The standard InChI is InChI=1S/C7H13NOS.Y/c8-7(9)5-10-6-3-1-2-4-6;/h6H,1-5H2,(H2,8,9);/p-1. The van der Waals surface area contributed by atoms with Crippen molar-refractivity contribution in [1.29, 1.82) is 0 Å². The molecule has 1 aliphatic rings. The first-order valence-corrected chi connectivity index (χ1v) is 4.70. The van der Waals surface area contributed by atoms with Gasteiger partial charge in [-0.15, -0.1) is 0 Å². The molecular weight excluding hydrogens is 235 g/mol. The van der Waals surface area contributed by atoms with Crippen LogP contribution in [0.1, 0.15) is 25.7 Å². The Morgan fingerprint density at radius 3 is 2.45 bits per heavy atom. The molecule has 4 heteroatoms. The molecule has 1 N–H and O–H groups in total. The summed E-state index contributed by atoms with van der Waals surface area (Å²) < 4.78 is 0. The Morgan fingerprint density at radius 1 is 1.45 bits per heavy atom. The van der Waals surface area contributed by atoms with E-state index in [0.717, 1.165) is 0 Å². The maximum absolute atomic E-state index is 10.2. The number of rotatable bonds is 3. The molecule has 61 valence electrons. The molecule has 0 unspecified atom stereocenters. The van der Waals surface area contributed by atoms with Crippen LogP contribution in [0, 0.1) is 0 Å². The molecule has 1 amide bonds. The third kappa shape index (κ3) is 5.21. The van der Waals surface area contributed by atoms with Gasteiger partial charge >= 0.3 is 0 Å². The molecule has 2 nitrogen and oxygen atoms in total. The molecule has 1 saturated carbocycles. The van der Waals surface area contributed by atoms with Crippen LogP contribution in [-0.4, -0.2) is 16.9 Å². The predicted octanol–water partition coefficient (Wildman–Crippen LogP) is 2.24. The van der Waals surface area contributed by atoms with Gasteiger partial charge in [-0.2, -0.15) is 11.8 Å². The molecule has 11 heavy (non-hydrogen) atoms. The van der Waals surface area contributed by atoms with Crippen LogP contribution in [0.5, 0.6) is 0 Å². The van der Waals surface area contributed by atoms with E-state index in [9.17, 15) is 4.79 Å². The number of carbonyl (C=O) groups is 1. The van der Waals surface area contributed by atoms with Gasteiger partial charge in [-0.25, -0.2) is 0 Å². The van der Waals surface area contributed by atoms with Crippen molar-refractivity contribution in [1.82, 2.24) is 0 Å². The second-order valence-corrected chi connectivity index (χ2v) is 3.93. The van der Waals surface area contributed by atoms with E-state index in [2.05, 4.69) is 0 Å². The summed E-state index contributed by atoms with van der Waals surface area (Å²) in [4.78, 5) is 10.2. The molecule has 1 rings (SSSR count). The monoisotopic (exact) mass is 247 g/mol. The van der Waals surface area contributed by atoms with Gasteiger partial charge < -0.3 is 10.5 Å². The molecular formula is C7H12NOSY-. The Morgan fingerprint density at radius 2 is 2.00 bits per heavy atom. The summed E-state index contributed by atoms with van der Waals surface area (Å²) in [5.74, 6) is -0.0399. The number of hydrogen-bond donors (Lipinski definition) is 0. The summed E-state index contributed by atoms with van der Waals surface area (Å²) in [6.45, 7) is 0. The second-order valence-electron chi connectivity index (χ2n) is 2.64. The smallest absolute Gasteiger partial charge is 0.0588 e. The molecule has 0 heterocycles. The molecule has 0 spiro atoms. The van der Waals surface area contributed by atoms with E-state index in [1.165, 1.54) is 25.7 Å². The van der Waals surface area contributed by atoms with Crippen LogP contribution < -0.4 is 0 Å². The molecule has 0 aromatic rings. The SMILES string of the molecule is [NH-]C(=O)CSC1CCCC1.[Y]. The number of nitrogens with one attached hydrogen (secondary N) is 1. The van der Waals surface area contributed by atoms with Crippen molar-refractivity contribution in [2.75, 3.05) is 5.75 Å². The molecule has 1 fully saturated rings. The molecule has 0 aromatic carbocycles. The topological polar surface area (TPSA) is 40.9 Å². The van der Waals surface area contributed by atoms with Crippen LogP contribution in [0.25, 0.3) is 5.73 Å². The fraction of sp³-hybridized carbons (Fsp3) is 0.857. The predicted molar refractivity (Wildman–Crippen MR) is 44.0 cm³/mol. The molecule has 0 aliphatic heterocycles. The summed E-state index contributed by atoms with van der Waals surface area (Å²) in [6.07, 6.45) is 5.11. The van der Waals surface area contributed by atoms with Crippen molar-refractivity contribution in [2.45, 2.75) is 30.9 Å². The Balaban J connectivity index is 0.000001000. The van der Waals surface area contributed by atoms with Crippen LogP contribution in [0.4, 0.5) is 0 Å². The van der Waals surface area contributed by atoms with Crippen molar-refractivity contribution in [2.24, 2.45) is 0 Å². The van der Waals surface area contributed by atoms with Gasteiger partial charge in [0, 0.05) is 43.7 Å². The fourth-order valence-electron chi connectivity index (χ4n) is 1.25. The van der Waals surface area contributed by atoms with Gasteiger partial charge in [-0.1, -0.05) is 12.8 Å². The third-order valence-electron chi connectivity index (χ3n) is 1.75. The molecule has 1 radical (unpaired) electrons. The van der Waals surface area contributed by atoms with Crippen molar-refractivity contribution in [3.05, 3.63) is 5.73 Å². The van der Waals surface area contributed by atoms with E-state index in [4.69, 9.17) is 5.73 Å². The number of carbonyl (C=O) groups excluding carboxylic acids is 1. The zero-order valence-electron chi connectivity index (χ0n) is 6.51. The first kappa shape index (κ1) is 11.9. The van der Waals surface area contributed by atoms with Gasteiger partial charge in [0.25, 0.3) is 0 Å². The largest absolute Gasteiger partial charge is 0.667 e. The van der Waals surface area contributed by atoms with Crippen LogP contribution in [-0.2, 0) is 37.5 Å². The normalized spacial score (nSPS) is 17.8. The van der Waals surface area contributed by atoms with Crippen LogP contribution in [0.2, 0.25) is 0 Å². The van der Waals surface area contributed by atoms with E-state index in [1.54, 1.807) is 11.8 Å². The first-order valence-electron chi connectivity index (χ1n) is 3.65. The van der Waals surface area contributed by atoms with Gasteiger partial charge in [0.15, 0.2) is 0 Å².